The summed E-state index contributed by atoms with van der Waals surface area (Å²) < 4.78 is 114. The fourth-order valence-corrected chi connectivity index (χ4v) is 4.98. The van der Waals surface area contributed by atoms with E-state index in [-0.39, 0.29) is 24.9 Å². The minimum absolute atomic E-state index is 0.0543. The van der Waals surface area contributed by atoms with Crippen molar-refractivity contribution in [3.63, 3.8) is 0 Å². The van der Waals surface area contributed by atoms with Gasteiger partial charge in [-0.05, 0) is 48.4 Å². The second kappa shape index (κ2) is 11.3. The molecule has 3 rings (SSSR count). The molecule has 208 valence electrons. The number of rotatable bonds is 9. The zero-order valence-electron chi connectivity index (χ0n) is 20.3. The Kier molecular flexibility index (Phi) is 8.79. The highest BCUT2D eigenvalue weighted by Crippen LogP contribution is 2.33. The van der Waals surface area contributed by atoms with Crippen LogP contribution in [0.1, 0.15) is 23.6 Å². The Morgan fingerprint density at radius 1 is 1.11 bits per heavy atom. The predicted molar refractivity (Wildman–Crippen MR) is 129 cm³/mol. The van der Waals surface area contributed by atoms with Gasteiger partial charge in [0, 0.05) is 25.4 Å². The van der Waals surface area contributed by atoms with Crippen LogP contribution in [0, 0.1) is 0 Å². The molecule has 1 heterocycles. The summed E-state index contributed by atoms with van der Waals surface area (Å²) in [6, 6.07) is 10.5. The van der Waals surface area contributed by atoms with Crippen LogP contribution in [0.5, 0.6) is 5.75 Å². The summed E-state index contributed by atoms with van der Waals surface area (Å²) in [5.74, 6) is -1.86. The van der Waals surface area contributed by atoms with E-state index in [1.165, 1.54) is 13.1 Å². The van der Waals surface area contributed by atoms with Crippen LogP contribution >= 0.6 is 0 Å². The van der Waals surface area contributed by atoms with Crippen LogP contribution in [-0.2, 0) is 26.5 Å². The summed E-state index contributed by atoms with van der Waals surface area (Å²) in [6.07, 6.45) is -7.91. The molecule has 0 aliphatic carbocycles. The van der Waals surface area contributed by atoms with Gasteiger partial charge in [-0.25, -0.2) is 8.42 Å². The number of sulfonamides is 1. The largest absolute Gasteiger partial charge is 0.439 e. The molecule has 2 N–H and O–H groups in total. The minimum Gasteiger partial charge on any atom is -0.439 e. The number of aliphatic imine (C=N–C) groups is 1. The topological polar surface area (TPSA) is 89.0 Å². The first-order chi connectivity index (χ1) is 17.7. The first-order valence-corrected chi connectivity index (χ1v) is 12.9. The Hall–Kier alpha value is -3.10. The molecule has 0 aromatic heterocycles. The van der Waals surface area contributed by atoms with E-state index in [1.807, 2.05) is 6.92 Å². The summed E-state index contributed by atoms with van der Waals surface area (Å²) in [4.78, 5) is 4.02. The number of benzene rings is 2. The molecule has 1 fully saturated rings. The molecule has 7 nitrogen and oxygen atoms in total. The van der Waals surface area contributed by atoms with Gasteiger partial charge in [0.15, 0.2) is 5.75 Å². The van der Waals surface area contributed by atoms with Crippen molar-refractivity contribution in [1.82, 2.24) is 10.0 Å². The molecule has 0 atom stereocenters. The summed E-state index contributed by atoms with van der Waals surface area (Å²) in [6.45, 7) is 1.93. The van der Waals surface area contributed by atoms with Gasteiger partial charge in [-0.1, -0.05) is 18.2 Å². The van der Waals surface area contributed by atoms with Crippen molar-refractivity contribution < 1.29 is 44.2 Å². The lowest BCUT2D eigenvalue weighted by Gasteiger charge is -2.42. The van der Waals surface area contributed by atoms with Crippen LogP contribution in [0.15, 0.2) is 59.6 Å². The first kappa shape index (κ1) is 29.5. The molecule has 1 saturated heterocycles. The average Bonchev–Trinajstić information content (AvgIpc) is 2.79. The second-order valence-corrected chi connectivity index (χ2v) is 10.1. The Morgan fingerprint density at radius 2 is 1.76 bits per heavy atom. The molecule has 1 aliphatic heterocycles. The van der Waals surface area contributed by atoms with Gasteiger partial charge < -0.3 is 14.8 Å². The molecule has 2 aromatic rings. The summed E-state index contributed by atoms with van der Waals surface area (Å²) in [5.41, 5.74) is -0.830. The zero-order valence-corrected chi connectivity index (χ0v) is 21.1. The number of hydrogen-bond acceptors (Lipinski definition) is 6. The minimum atomic E-state index is -4.91. The Balaban J connectivity index is 1.88. The van der Waals surface area contributed by atoms with Crippen molar-refractivity contribution in [2.24, 2.45) is 4.99 Å². The molecular formula is C24H25F6N3O4S. The smallest absolute Gasteiger partial charge is 0.416 e. The van der Waals surface area contributed by atoms with Crippen molar-refractivity contribution >= 4 is 21.6 Å². The lowest BCUT2D eigenvalue weighted by molar-refractivity contribution is -0.137. The maximum atomic E-state index is 12.8. The fraction of sp³-hybridized carbons (Fsp3) is 0.375. The maximum absolute atomic E-state index is 12.8. The second-order valence-electron chi connectivity index (χ2n) is 8.41. The van der Waals surface area contributed by atoms with E-state index in [4.69, 9.17) is 9.47 Å². The number of alkyl halides is 6. The molecule has 0 spiro atoms. The van der Waals surface area contributed by atoms with Gasteiger partial charge in [-0.3, -0.25) is 4.99 Å². The quantitative estimate of drug-likeness (QED) is 0.266. The van der Waals surface area contributed by atoms with Crippen LogP contribution in [0.4, 0.5) is 26.3 Å². The van der Waals surface area contributed by atoms with Crippen LogP contribution in [0.25, 0.3) is 5.70 Å². The third-order valence-electron chi connectivity index (χ3n) is 5.39. The number of ether oxygens (including phenoxy) is 2. The zero-order chi connectivity index (χ0) is 28.2. The molecule has 2 aromatic carbocycles. The molecule has 0 bridgehead atoms. The third-order valence-corrected chi connectivity index (χ3v) is 6.80. The Morgan fingerprint density at radius 3 is 2.26 bits per heavy atom. The summed E-state index contributed by atoms with van der Waals surface area (Å²) in [7, 11) is -3.29. The highest BCUT2D eigenvalue weighted by Gasteiger charge is 2.46. The number of hydrogen-bond donors (Lipinski definition) is 2. The van der Waals surface area contributed by atoms with E-state index in [1.54, 1.807) is 24.3 Å². The number of nitrogens with one attached hydrogen (secondary N) is 2. The van der Waals surface area contributed by atoms with Crippen molar-refractivity contribution in [2.75, 3.05) is 32.6 Å². The van der Waals surface area contributed by atoms with Crippen molar-refractivity contribution in [3.05, 3.63) is 71.3 Å². The van der Waals surface area contributed by atoms with E-state index in [9.17, 15) is 34.8 Å². The Labute approximate surface area is 215 Å². The lowest BCUT2D eigenvalue weighted by Crippen LogP contribution is -2.60. The number of halogens is 6. The summed E-state index contributed by atoms with van der Waals surface area (Å²) in [5, 5.41) is 3.11. The lowest BCUT2D eigenvalue weighted by atomic mass is 9.88. The van der Waals surface area contributed by atoms with Crippen molar-refractivity contribution in [3.8, 4) is 5.75 Å². The molecule has 0 amide bonds. The normalized spacial score (nSPS) is 16.6. The van der Waals surface area contributed by atoms with Gasteiger partial charge in [0.05, 0.1) is 18.8 Å². The van der Waals surface area contributed by atoms with Crippen LogP contribution in [-0.4, -0.2) is 53.1 Å². The van der Waals surface area contributed by atoms with Crippen LogP contribution < -0.4 is 14.8 Å². The highest BCUT2D eigenvalue weighted by atomic mass is 32.2. The summed E-state index contributed by atoms with van der Waals surface area (Å²) >= 11 is 0. The van der Waals surface area contributed by atoms with E-state index in [0.29, 0.717) is 23.4 Å². The maximum Gasteiger partial charge on any atom is 0.416 e. The molecule has 0 radical (unpaired) electrons. The average molecular weight is 566 g/mol. The standard InChI is InChI=1S/C24H25F6N3O4S/c1-3-32-20(12-21(31-2)37-19-9-7-17(8-10-19)24(28,29)30)16-5-4-6-18(11-16)22(13-36-14-22)33-38(34,35)15-23(25,26)27/h4-12,32-33H,3,13-15H2,1-2H3. The van der Waals surface area contributed by atoms with Crippen molar-refractivity contribution in [1.29, 1.82) is 0 Å². The van der Waals surface area contributed by atoms with E-state index < -0.39 is 39.2 Å². The molecule has 14 heteroatoms. The SMILES string of the molecule is CCNC(=CC(=NC)Oc1ccc(C(F)(F)F)cc1)c1cccc(C2(NS(=O)(=O)CC(F)(F)F)COC2)c1. The molecule has 1 aliphatic rings. The molecule has 0 unspecified atom stereocenters. The highest BCUT2D eigenvalue weighted by molar-refractivity contribution is 7.89. The monoisotopic (exact) mass is 565 g/mol. The van der Waals surface area contributed by atoms with Gasteiger partial charge in [0.2, 0.25) is 15.9 Å². The molecular weight excluding hydrogens is 540 g/mol. The Bertz CT molecular complexity index is 1290. The first-order valence-electron chi connectivity index (χ1n) is 11.2. The number of nitrogens with zero attached hydrogens (tertiary/aromatic N) is 1. The van der Waals surface area contributed by atoms with Crippen LogP contribution in [0.3, 0.4) is 0 Å². The molecule has 0 saturated carbocycles. The third kappa shape index (κ3) is 7.71. The van der Waals surface area contributed by atoms with Crippen LogP contribution in [0.2, 0.25) is 0 Å². The predicted octanol–water partition coefficient (Wildman–Crippen LogP) is 4.47. The van der Waals surface area contributed by atoms with Gasteiger partial charge in [-0.15, -0.1) is 0 Å². The molecule has 38 heavy (non-hydrogen) atoms. The van der Waals surface area contributed by atoms with E-state index >= 15 is 0 Å². The fourth-order valence-electron chi connectivity index (χ4n) is 3.65. The van der Waals surface area contributed by atoms with E-state index in [0.717, 1.165) is 24.3 Å². The van der Waals surface area contributed by atoms with Gasteiger partial charge in [-0.2, -0.15) is 31.1 Å². The van der Waals surface area contributed by atoms with E-state index in [2.05, 4.69) is 15.0 Å². The van der Waals surface area contributed by atoms with Gasteiger partial charge in [0.25, 0.3) is 0 Å². The van der Waals surface area contributed by atoms with Crippen molar-refractivity contribution in [2.45, 2.75) is 24.8 Å². The van der Waals surface area contributed by atoms with Gasteiger partial charge >= 0.3 is 12.4 Å². The van der Waals surface area contributed by atoms with Gasteiger partial charge in [0.1, 0.15) is 11.3 Å².